The van der Waals surface area contributed by atoms with Crippen molar-refractivity contribution in [1.29, 1.82) is 0 Å². The van der Waals surface area contributed by atoms with Gasteiger partial charge in [-0.2, -0.15) is 0 Å². The third-order valence-electron chi connectivity index (χ3n) is 4.60. The van der Waals surface area contributed by atoms with E-state index in [1.54, 1.807) is 29.8 Å². The van der Waals surface area contributed by atoms with Crippen LogP contribution >= 0.6 is 11.3 Å². The van der Waals surface area contributed by atoms with E-state index < -0.39 is 0 Å². The van der Waals surface area contributed by atoms with Crippen LogP contribution in [0.1, 0.15) is 34.2 Å². The second-order valence-corrected chi connectivity index (χ2v) is 7.28. The van der Waals surface area contributed by atoms with Gasteiger partial charge in [-0.25, -0.2) is 0 Å². The Morgan fingerprint density at radius 2 is 2.19 bits per heavy atom. The molecule has 134 valence electrons. The summed E-state index contributed by atoms with van der Waals surface area (Å²) in [4.78, 5) is 20.3. The Labute approximate surface area is 155 Å². The molecule has 26 heavy (non-hydrogen) atoms. The Hall–Kier alpha value is -2.51. The van der Waals surface area contributed by atoms with Crippen LogP contribution < -0.4 is 5.32 Å². The number of rotatable bonds is 6. The van der Waals surface area contributed by atoms with Crippen molar-refractivity contribution in [2.75, 3.05) is 19.6 Å². The van der Waals surface area contributed by atoms with Gasteiger partial charge in [0.15, 0.2) is 11.5 Å². The summed E-state index contributed by atoms with van der Waals surface area (Å²) in [6, 6.07) is 9.75. The number of pyridine rings is 1. The first kappa shape index (κ1) is 16.9. The summed E-state index contributed by atoms with van der Waals surface area (Å²) in [5.41, 5.74) is 1.09. The molecular weight excluding hydrogens is 348 g/mol. The molecule has 0 radical (unpaired) electrons. The molecule has 1 aliphatic rings. The summed E-state index contributed by atoms with van der Waals surface area (Å²) in [5, 5.41) is 9.00. The Bertz CT molecular complexity index is 842. The number of hydrogen-bond acceptors (Lipinski definition) is 6. The van der Waals surface area contributed by atoms with Crippen molar-refractivity contribution in [3.05, 3.63) is 58.7 Å². The monoisotopic (exact) mass is 368 g/mol. The number of amides is 1. The highest BCUT2D eigenvalue weighted by Gasteiger charge is 2.25. The molecule has 1 fully saturated rings. The summed E-state index contributed by atoms with van der Waals surface area (Å²) in [6.45, 7) is 2.72. The van der Waals surface area contributed by atoms with E-state index in [2.05, 4.69) is 37.9 Å². The fraction of sp³-hybridized carbons (Fsp3) is 0.316. The Morgan fingerprint density at radius 1 is 1.31 bits per heavy atom. The highest BCUT2D eigenvalue weighted by atomic mass is 32.1. The molecular formula is C19H20N4O2S. The number of thiophene rings is 1. The molecule has 0 aliphatic carbocycles. The van der Waals surface area contributed by atoms with Crippen LogP contribution in [0.5, 0.6) is 0 Å². The molecule has 7 heteroatoms. The van der Waals surface area contributed by atoms with Crippen LogP contribution in [0.25, 0.3) is 11.3 Å². The van der Waals surface area contributed by atoms with E-state index in [-0.39, 0.29) is 17.6 Å². The third-order valence-corrected chi connectivity index (χ3v) is 5.57. The van der Waals surface area contributed by atoms with Gasteiger partial charge in [-0.1, -0.05) is 11.2 Å². The van der Waals surface area contributed by atoms with Crippen molar-refractivity contribution in [1.82, 2.24) is 20.4 Å². The van der Waals surface area contributed by atoms with Crippen LogP contribution in [0, 0.1) is 0 Å². The van der Waals surface area contributed by atoms with Crippen molar-refractivity contribution < 1.29 is 9.32 Å². The molecule has 0 aromatic carbocycles. The average molecular weight is 368 g/mol. The van der Waals surface area contributed by atoms with Crippen molar-refractivity contribution in [3.63, 3.8) is 0 Å². The number of carbonyl (C=O) groups is 1. The molecule has 4 heterocycles. The highest BCUT2D eigenvalue weighted by molar-refractivity contribution is 7.10. The van der Waals surface area contributed by atoms with E-state index in [4.69, 9.17) is 4.52 Å². The zero-order valence-electron chi connectivity index (χ0n) is 14.3. The smallest absolute Gasteiger partial charge is 0.273 e. The number of likely N-dealkylation sites (tertiary alicyclic amines) is 1. The molecule has 1 aliphatic heterocycles. The maximum Gasteiger partial charge on any atom is 0.273 e. The SMILES string of the molecule is O=C(NCC(c1cccs1)N1CCCC1)c1cc(-c2cccnc2)on1. The predicted octanol–water partition coefficient (Wildman–Crippen LogP) is 3.37. The Balaban J connectivity index is 1.43. The molecule has 6 nitrogen and oxygen atoms in total. The first-order valence-corrected chi connectivity index (χ1v) is 9.62. The van der Waals surface area contributed by atoms with E-state index in [9.17, 15) is 4.79 Å². The number of carbonyl (C=O) groups excluding carboxylic acids is 1. The van der Waals surface area contributed by atoms with Gasteiger partial charge >= 0.3 is 0 Å². The quantitative estimate of drug-likeness (QED) is 0.722. The van der Waals surface area contributed by atoms with Crippen molar-refractivity contribution in [2.45, 2.75) is 18.9 Å². The van der Waals surface area contributed by atoms with Gasteiger partial charge in [0.05, 0.1) is 6.04 Å². The zero-order valence-corrected chi connectivity index (χ0v) is 15.1. The molecule has 3 aromatic heterocycles. The van der Waals surface area contributed by atoms with E-state index in [0.29, 0.717) is 12.3 Å². The molecule has 0 bridgehead atoms. The predicted molar refractivity (Wildman–Crippen MR) is 99.9 cm³/mol. The van der Waals surface area contributed by atoms with Gasteiger partial charge in [0.25, 0.3) is 5.91 Å². The first-order chi connectivity index (χ1) is 12.8. The molecule has 3 aromatic rings. The van der Waals surface area contributed by atoms with Gasteiger partial charge in [0.1, 0.15) is 0 Å². The van der Waals surface area contributed by atoms with Crippen LogP contribution in [0.4, 0.5) is 0 Å². The van der Waals surface area contributed by atoms with Gasteiger partial charge in [0, 0.05) is 35.4 Å². The van der Waals surface area contributed by atoms with Gasteiger partial charge < -0.3 is 9.84 Å². The molecule has 1 amide bonds. The van der Waals surface area contributed by atoms with Crippen LogP contribution in [0.2, 0.25) is 0 Å². The van der Waals surface area contributed by atoms with Crippen LogP contribution in [0.15, 0.2) is 52.6 Å². The van der Waals surface area contributed by atoms with Crippen LogP contribution in [0.3, 0.4) is 0 Å². The lowest BCUT2D eigenvalue weighted by Crippen LogP contribution is -2.36. The minimum absolute atomic E-state index is 0.214. The normalized spacial score (nSPS) is 15.8. The fourth-order valence-electron chi connectivity index (χ4n) is 3.25. The largest absolute Gasteiger partial charge is 0.355 e. The topological polar surface area (TPSA) is 71.3 Å². The van der Waals surface area contributed by atoms with E-state index >= 15 is 0 Å². The van der Waals surface area contributed by atoms with Crippen molar-refractivity contribution >= 4 is 17.2 Å². The van der Waals surface area contributed by atoms with E-state index in [1.165, 1.54) is 17.7 Å². The minimum atomic E-state index is -0.218. The molecule has 1 N–H and O–H groups in total. The molecule has 1 atom stereocenters. The Kier molecular flexibility index (Phi) is 5.08. The summed E-state index contributed by atoms with van der Waals surface area (Å²) >= 11 is 1.73. The van der Waals surface area contributed by atoms with Crippen LogP contribution in [-0.2, 0) is 0 Å². The van der Waals surface area contributed by atoms with Crippen molar-refractivity contribution in [3.8, 4) is 11.3 Å². The maximum atomic E-state index is 12.5. The number of hydrogen-bond donors (Lipinski definition) is 1. The maximum absolute atomic E-state index is 12.5. The van der Waals surface area contributed by atoms with Crippen LogP contribution in [-0.4, -0.2) is 40.6 Å². The van der Waals surface area contributed by atoms with E-state index in [0.717, 1.165) is 18.7 Å². The van der Waals surface area contributed by atoms with Gasteiger partial charge in [-0.3, -0.25) is 14.7 Å². The van der Waals surface area contributed by atoms with Crippen molar-refractivity contribution in [2.24, 2.45) is 0 Å². The second-order valence-electron chi connectivity index (χ2n) is 6.30. The molecule has 0 saturated carbocycles. The molecule has 1 unspecified atom stereocenters. The first-order valence-electron chi connectivity index (χ1n) is 8.74. The number of nitrogens with one attached hydrogen (secondary N) is 1. The summed E-state index contributed by atoms with van der Waals surface area (Å²) in [5.74, 6) is 0.322. The molecule has 1 saturated heterocycles. The number of nitrogens with zero attached hydrogens (tertiary/aromatic N) is 3. The van der Waals surface area contributed by atoms with Gasteiger partial charge in [-0.15, -0.1) is 11.3 Å². The standard InChI is InChI=1S/C19H20N4O2S/c24-19(15-11-17(25-22-15)14-5-3-7-20-12-14)21-13-16(18-6-4-10-26-18)23-8-1-2-9-23/h3-7,10-12,16H,1-2,8-9,13H2,(H,21,24). The summed E-state index contributed by atoms with van der Waals surface area (Å²) in [7, 11) is 0. The lowest BCUT2D eigenvalue weighted by molar-refractivity contribution is 0.0929. The lowest BCUT2D eigenvalue weighted by Gasteiger charge is -2.26. The fourth-order valence-corrected chi connectivity index (χ4v) is 4.11. The minimum Gasteiger partial charge on any atom is -0.355 e. The summed E-state index contributed by atoms with van der Waals surface area (Å²) < 4.78 is 5.29. The highest BCUT2D eigenvalue weighted by Crippen LogP contribution is 2.28. The zero-order chi connectivity index (χ0) is 17.8. The Morgan fingerprint density at radius 3 is 2.92 bits per heavy atom. The van der Waals surface area contributed by atoms with E-state index in [1.807, 2.05) is 12.1 Å². The average Bonchev–Trinajstić information content (AvgIpc) is 3.44. The molecule has 0 spiro atoms. The lowest BCUT2D eigenvalue weighted by atomic mass is 10.2. The van der Waals surface area contributed by atoms with Gasteiger partial charge in [0.2, 0.25) is 0 Å². The summed E-state index contributed by atoms with van der Waals surface area (Å²) in [6.07, 6.45) is 5.81. The molecule has 4 rings (SSSR count). The second kappa shape index (κ2) is 7.80. The van der Waals surface area contributed by atoms with Gasteiger partial charge in [-0.05, 0) is 49.5 Å². The number of aromatic nitrogens is 2. The third kappa shape index (κ3) is 3.68.